The number of fused-ring (bicyclic) bond motifs is 1. The quantitative estimate of drug-likeness (QED) is 0.454. The Morgan fingerprint density at radius 3 is 2.38 bits per heavy atom. The second kappa shape index (κ2) is 12.7. The molecule has 2 aliphatic rings. The zero-order chi connectivity index (χ0) is 28.9. The third kappa shape index (κ3) is 7.32. The molecule has 0 amide bonds. The van der Waals surface area contributed by atoms with E-state index < -0.39 is 12.1 Å². The minimum Gasteiger partial charge on any atom is -0.475 e. The number of aliphatic carboxylic acids is 1. The summed E-state index contributed by atoms with van der Waals surface area (Å²) in [7, 11) is 2.16. The first kappa shape index (κ1) is 29.4. The first-order valence-electron chi connectivity index (χ1n) is 12.7. The number of rotatable bonds is 3. The van der Waals surface area contributed by atoms with Crippen molar-refractivity contribution in [2.75, 3.05) is 75.8 Å². The Balaban J connectivity index is 0.000000470. The molecule has 2 fully saturated rings. The molecule has 0 radical (unpaired) electrons. The molecule has 0 spiro atoms. The van der Waals surface area contributed by atoms with Crippen molar-refractivity contribution < 1.29 is 23.1 Å². The zero-order valence-electron chi connectivity index (χ0n) is 22.2. The van der Waals surface area contributed by atoms with E-state index in [4.69, 9.17) is 21.5 Å². The Hall–Kier alpha value is -3.60. The molecule has 5 rings (SSSR count). The van der Waals surface area contributed by atoms with Crippen LogP contribution in [0.5, 0.6) is 0 Å². The molecule has 2 saturated heterocycles. The van der Waals surface area contributed by atoms with E-state index in [0.29, 0.717) is 5.65 Å². The fraction of sp³-hybridized carbons (Fsp3) is 0.462. The Bertz CT molecular complexity index is 1390. The number of hydrogen-bond donors (Lipinski definition) is 2. The summed E-state index contributed by atoms with van der Waals surface area (Å²) in [4.78, 5) is 27.3. The summed E-state index contributed by atoms with van der Waals surface area (Å²) in [5, 5.41) is 16.3. The summed E-state index contributed by atoms with van der Waals surface area (Å²) < 4.78 is 31.7. The Labute approximate surface area is 234 Å². The van der Waals surface area contributed by atoms with Crippen LogP contribution in [0.15, 0.2) is 24.5 Å². The number of carboxylic acid groups (broad SMARTS) is 1. The first-order valence-corrected chi connectivity index (χ1v) is 13.1. The SMILES string of the molecule is Cc1ccc(Cl)cc1N1CCN(c2ncnc3n[nH]c(C#CCN4CCN(C)CC4)c23)CC1.O=C(O)C(F)(F)F. The van der Waals surface area contributed by atoms with E-state index in [9.17, 15) is 13.2 Å². The number of halogens is 4. The first-order chi connectivity index (χ1) is 19.0. The highest BCUT2D eigenvalue weighted by Gasteiger charge is 2.38. The molecule has 10 nitrogen and oxygen atoms in total. The van der Waals surface area contributed by atoms with Gasteiger partial charge < -0.3 is 19.8 Å². The summed E-state index contributed by atoms with van der Waals surface area (Å²) in [6.45, 7) is 10.7. The van der Waals surface area contributed by atoms with E-state index in [1.807, 2.05) is 6.07 Å². The van der Waals surface area contributed by atoms with Gasteiger partial charge in [0.2, 0.25) is 0 Å². The predicted octanol–water partition coefficient (Wildman–Crippen LogP) is 2.87. The normalized spacial score (nSPS) is 16.8. The molecule has 40 heavy (non-hydrogen) atoms. The number of hydrogen-bond acceptors (Lipinski definition) is 8. The highest BCUT2D eigenvalue weighted by Crippen LogP contribution is 2.29. The summed E-state index contributed by atoms with van der Waals surface area (Å²) in [6.07, 6.45) is -3.49. The molecule has 2 aromatic heterocycles. The third-order valence-electron chi connectivity index (χ3n) is 6.78. The molecule has 0 saturated carbocycles. The molecule has 0 atom stereocenters. The number of carbonyl (C=O) groups is 1. The number of aryl methyl sites for hydroxylation is 1. The molecule has 4 heterocycles. The van der Waals surface area contributed by atoms with Crippen molar-refractivity contribution in [1.29, 1.82) is 0 Å². The van der Waals surface area contributed by atoms with Gasteiger partial charge in [-0.25, -0.2) is 14.8 Å². The smallest absolute Gasteiger partial charge is 0.475 e. The van der Waals surface area contributed by atoms with Crippen molar-refractivity contribution >= 4 is 40.1 Å². The summed E-state index contributed by atoms with van der Waals surface area (Å²) >= 11 is 6.25. The number of aromatic nitrogens is 4. The molecule has 14 heteroatoms. The van der Waals surface area contributed by atoms with E-state index in [2.05, 4.69) is 77.7 Å². The van der Waals surface area contributed by atoms with E-state index in [1.165, 1.54) is 11.3 Å². The molecule has 214 valence electrons. The fourth-order valence-corrected chi connectivity index (χ4v) is 4.67. The molecular formula is C26H30ClF3N8O2. The number of alkyl halides is 3. The van der Waals surface area contributed by atoms with Gasteiger partial charge >= 0.3 is 12.1 Å². The molecule has 1 aromatic carbocycles. The van der Waals surface area contributed by atoms with Crippen molar-refractivity contribution in [2.45, 2.75) is 13.1 Å². The number of benzene rings is 1. The van der Waals surface area contributed by atoms with Crippen LogP contribution in [0.1, 0.15) is 11.3 Å². The lowest BCUT2D eigenvalue weighted by molar-refractivity contribution is -0.192. The van der Waals surface area contributed by atoms with Crippen LogP contribution in [-0.4, -0.2) is 113 Å². The zero-order valence-corrected chi connectivity index (χ0v) is 22.9. The van der Waals surface area contributed by atoms with Crippen LogP contribution < -0.4 is 9.80 Å². The highest BCUT2D eigenvalue weighted by molar-refractivity contribution is 6.30. The molecule has 0 bridgehead atoms. The largest absolute Gasteiger partial charge is 0.490 e. The Morgan fingerprint density at radius 1 is 1.07 bits per heavy atom. The average Bonchev–Trinajstić information content (AvgIpc) is 3.34. The lowest BCUT2D eigenvalue weighted by Gasteiger charge is -2.37. The van der Waals surface area contributed by atoms with Crippen LogP contribution in [0.25, 0.3) is 11.0 Å². The second-order valence-electron chi connectivity index (χ2n) is 9.58. The minimum absolute atomic E-state index is 0.664. The monoisotopic (exact) mass is 578 g/mol. The van der Waals surface area contributed by atoms with Gasteiger partial charge in [0, 0.05) is 63.1 Å². The van der Waals surface area contributed by atoms with Gasteiger partial charge in [-0.3, -0.25) is 10.00 Å². The predicted molar refractivity (Wildman–Crippen MR) is 147 cm³/mol. The van der Waals surface area contributed by atoms with Crippen molar-refractivity contribution in [3.63, 3.8) is 0 Å². The van der Waals surface area contributed by atoms with Crippen LogP contribution in [0.4, 0.5) is 24.7 Å². The number of anilines is 2. The van der Waals surface area contributed by atoms with Crippen LogP contribution in [0.2, 0.25) is 5.02 Å². The number of nitrogens with one attached hydrogen (secondary N) is 1. The summed E-state index contributed by atoms with van der Waals surface area (Å²) in [6, 6.07) is 6.08. The van der Waals surface area contributed by atoms with Crippen molar-refractivity contribution in [3.8, 4) is 11.8 Å². The third-order valence-corrected chi connectivity index (χ3v) is 7.01. The number of piperazine rings is 2. The van der Waals surface area contributed by atoms with Crippen molar-refractivity contribution in [3.05, 3.63) is 40.8 Å². The minimum atomic E-state index is -5.08. The van der Waals surface area contributed by atoms with Crippen molar-refractivity contribution in [2.24, 2.45) is 0 Å². The fourth-order valence-electron chi connectivity index (χ4n) is 4.50. The van der Waals surface area contributed by atoms with Crippen LogP contribution >= 0.6 is 11.6 Å². The highest BCUT2D eigenvalue weighted by atomic mass is 35.5. The van der Waals surface area contributed by atoms with Gasteiger partial charge in [-0.2, -0.15) is 18.3 Å². The van der Waals surface area contributed by atoms with Gasteiger partial charge in [-0.05, 0) is 37.6 Å². The Kier molecular flexibility index (Phi) is 9.34. The summed E-state index contributed by atoms with van der Waals surface area (Å²) in [5.74, 6) is 4.77. The van der Waals surface area contributed by atoms with Crippen LogP contribution in [-0.2, 0) is 4.79 Å². The van der Waals surface area contributed by atoms with Crippen LogP contribution in [0.3, 0.4) is 0 Å². The standard InChI is InChI=1S/C24H29ClN8.C2HF3O2/c1-18-5-6-19(25)16-21(18)32-12-14-33(15-13-32)24-22-20(28-29-23(22)26-17-27-24)4-3-7-31-10-8-30(2)9-11-31;3-2(4,5)1(6)7/h5-6,16-17H,7-15H2,1-2H3,(H,26,27,28,29);(H,6,7). The van der Waals surface area contributed by atoms with Gasteiger partial charge in [0.15, 0.2) is 5.65 Å². The number of carboxylic acids is 1. The Morgan fingerprint density at radius 2 is 1.73 bits per heavy atom. The molecule has 2 N–H and O–H groups in total. The van der Waals surface area contributed by atoms with Crippen LogP contribution in [0, 0.1) is 18.8 Å². The number of H-pyrrole nitrogens is 1. The molecule has 0 unspecified atom stereocenters. The van der Waals surface area contributed by atoms with Gasteiger partial charge in [0.05, 0.1) is 11.9 Å². The topological polar surface area (TPSA) is 105 Å². The van der Waals surface area contributed by atoms with Gasteiger partial charge in [0.25, 0.3) is 0 Å². The number of likely N-dealkylation sites (N-methyl/N-ethyl adjacent to an activating group) is 1. The summed E-state index contributed by atoms with van der Waals surface area (Å²) in [5.41, 5.74) is 3.90. The van der Waals surface area contributed by atoms with E-state index in [1.54, 1.807) is 6.33 Å². The maximum atomic E-state index is 10.6. The number of aromatic amines is 1. The number of nitrogens with zero attached hydrogens (tertiary/aromatic N) is 7. The lowest BCUT2D eigenvalue weighted by Crippen LogP contribution is -2.47. The molecular weight excluding hydrogens is 549 g/mol. The lowest BCUT2D eigenvalue weighted by atomic mass is 10.1. The molecule has 3 aromatic rings. The van der Waals surface area contributed by atoms with E-state index >= 15 is 0 Å². The van der Waals surface area contributed by atoms with E-state index in [0.717, 1.165) is 80.8 Å². The van der Waals surface area contributed by atoms with Gasteiger partial charge in [-0.15, -0.1) is 0 Å². The molecule has 2 aliphatic heterocycles. The maximum Gasteiger partial charge on any atom is 0.490 e. The van der Waals surface area contributed by atoms with Gasteiger partial charge in [0.1, 0.15) is 17.8 Å². The maximum absolute atomic E-state index is 10.6. The molecule has 0 aliphatic carbocycles. The van der Waals surface area contributed by atoms with E-state index in [-0.39, 0.29) is 0 Å². The van der Waals surface area contributed by atoms with Crippen molar-refractivity contribution in [1.82, 2.24) is 30.0 Å². The average molecular weight is 579 g/mol. The van der Waals surface area contributed by atoms with Gasteiger partial charge in [-0.1, -0.05) is 23.6 Å². The second-order valence-corrected chi connectivity index (χ2v) is 10.0.